The molecular formula is C24H32N4O4S2. The third kappa shape index (κ3) is 5.75. The molecule has 0 atom stereocenters. The number of rotatable bonds is 11. The largest absolute Gasteiger partial charge is 0.494 e. The maximum absolute atomic E-state index is 13.5. The lowest BCUT2D eigenvalue weighted by Crippen LogP contribution is -2.36. The van der Waals surface area contributed by atoms with Crippen LogP contribution in [0.2, 0.25) is 0 Å². The molecule has 2 aromatic carbocycles. The summed E-state index contributed by atoms with van der Waals surface area (Å²) in [5.74, 6) is 0.421. The van der Waals surface area contributed by atoms with Gasteiger partial charge in [-0.25, -0.2) is 17.7 Å². The van der Waals surface area contributed by atoms with E-state index in [9.17, 15) is 13.2 Å². The number of anilines is 1. The van der Waals surface area contributed by atoms with Crippen molar-refractivity contribution in [2.75, 3.05) is 52.8 Å². The first kappa shape index (κ1) is 26.1. The molecule has 10 heteroatoms. The average Bonchev–Trinajstić information content (AvgIpc) is 3.26. The van der Waals surface area contributed by atoms with Gasteiger partial charge in [0.05, 0.1) is 16.7 Å². The van der Waals surface area contributed by atoms with E-state index in [0.717, 1.165) is 17.5 Å². The van der Waals surface area contributed by atoms with Crippen LogP contribution in [0.4, 0.5) is 5.13 Å². The van der Waals surface area contributed by atoms with Crippen LogP contribution < -0.4 is 9.64 Å². The number of ether oxygens (including phenoxy) is 1. The minimum absolute atomic E-state index is 0.173. The normalized spacial score (nSPS) is 12.0. The molecule has 0 aliphatic carbocycles. The van der Waals surface area contributed by atoms with Gasteiger partial charge in [0.1, 0.15) is 11.3 Å². The predicted octanol–water partition coefficient (Wildman–Crippen LogP) is 3.93. The van der Waals surface area contributed by atoms with Crippen molar-refractivity contribution in [1.82, 2.24) is 14.2 Å². The molecule has 0 bridgehead atoms. The summed E-state index contributed by atoms with van der Waals surface area (Å²) in [4.78, 5) is 22.0. The first-order valence-electron chi connectivity index (χ1n) is 11.2. The maximum Gasteiger partial charge on any atom is 0.260 e. The maximum atomic E-state index is 13.5. The fourth-order valence-corrected chi connectivity index (χ4v) is 5.60. The number of carbonyl (C=O) groups is 1. The van der Waals surface area contributed by atoms with Crippen LogP contribution in [0.25, 0.3) is 10.2 Å². The summed E-state index contributed by atoms with van der Waals surface area (Å²) in [6.07, 6.45) is 1.70. The van der Waals surface area contributed by atoms with E-state index in [0.29, 0.717) is 41.6 Å². The van der Waals surface area contributed by atoms with Gasteiger partial charge in [-0.05, 0) is 56.9 Å². The molecule has 0 spiro atoms. The van der Waals surface area contributed by atoms with E-state index >= 15 is 0 Å². The van der Waals surface area contributed by atoms with E-state index in [-0.39, 0.29) is 10.8 Å². The highest BCUT2D eigenvalue weighted by atomic mass is 32.2. The molecule has 1 heterocycles. The molecular weight excluding hydrogens is 472 g/mol. The Labute approximate surface area is 205 Å². The van der Waals surface area contributed by atoms with Crippen LogP contribution >= 0.6 is 11.3 Å². The summed E-state index contributed by atoms with van der Waals surface area (Å²) in [7, 11) is 3.46. The number of hydrogen-bond donors (Lipinski definition) is 0. The Morgan fingerprint density at radius 3 is 2.35 bits per heavy atom. The Hall–Kier alpha value is -2.53. The molecule has 0 unspecified atom stereocenters. The second kappa shape index (κ2) is 11.3. The fraction of sp³-hybridized carbons (Fsp3) is 0.417. The Kier molecular flexibility index (Phi) is 8.64. The lowest BCUT2D eigenvalue weighted by atomic mass is 10.2. The van der Waals surface area contributed by atoms with Gasteiger partial charge in [0.2, 0.25) is 10.0 Å². The third-order valence-corrected chi connectivity index (χ3v) is 8.39. The number of amides is 1. The fourth-order valence-electron chi connectivity index (χ4n) is 3.38. The van der Waals surface area contributed by atoms with Crippen LogP contribution in [0.5, 0.6) is 5.75 Å². The first-order chi connectivity index (χ1) is 16.2. The standard InChI is InChI=1S/C24H32N4O4S2/c1-6-7-15-27(4)34(30,31)19-13-11-18(12-14-19)23(29)28(17-16-26(2)3)24-25-22-20(32-5)9-8-10-21(22)33-24/h8-14H,6-7,15-17H2,1-5H3. The van der Waals surface area contributed by atoms with E-state index in [2.05, 4.69) is 0 Å². The van der Waals surface area contributed by atoms with Crippen LogP contribution in [0, 0.1) is 0 Å². The summed E-state index contributed by atoms with van der Waals surface area (Å²) in [5, 5.41) is 0.572. The molecule has 3 rings (SSSR count). The Morgan fingerprint density at radius 1 is 1.03 bits per heavy atom. The highest BCUT2D eigenvalue weighted by Gasteiger charge is 2.24. The number of likely N-dealkylation sites (N-methyl/N-ethyl adjacent to an activating group) is 1. The molecule has 0 radical (unpaired) electrons. The molecule has 184 valence electrons. The minimum Gasteiger partial charge on any atom is -0.494 e. The van der Waals surface area contributed by atoms with Gasteiger partial charge in [-0.15, -0.1) is 0 Å². The van der Waals surface area contributed by atoms with Crippen molar-refractivity contribution in [3.8, 4) is 5.75 Å². The highest BCUT2D eigenvalue weighted by molar-refractivity contribution is 7.89. The van der Waals surface area contributed by atoms with Crippen LogP contribution in [-0.4, -0.2) is 76.4 Å². The molecule has 8 nitrogen and oxygen atoms in total. The Balaban J connectivity index is 1.91. The van der Waals surface area contributed by atoms with Crippen molar-refractivity contribution >= 4 is 42.6 Å². The number of para-hydroxylation sites is 1. The Bertz CT molecular complexity index is 1220. The summed E-state index contributed by atoms with van der Waals surface area (Å²) in [6, 6.07) is 11.8. The van der Waals surface area contributed by atoms with Crippen molar-refractivity contribution in [1.29, 1.82) is 0 Å². The van der Waals surface area contributed by atoms with Gasteiger partial charge in [0.25, 0.3) is 5.91 Å². The van der Waals surface area contributed by atoms with Gasteiger partial charge >= 0.3 is 0 Å². The molecule has 0 aliphatic rings. The summed E-state index contributed by atoms with van der Waals surface area (Å²) in [5.41, 5.74) is 1.12. The zero-order valence-electron chi connectivity index (χ0n) is 20.3. The van der Waals surface area contributed by atoms with E-state index < -0.39 is 10.0 Å². The molecule has 3 aromatic rings. The zero-order chi connectivity index (χ0) is 24.9. The van der Waals surface area contributed by atoms with Crippen LogP contribution in [0.15, 0.2) is 47.4 Å². The van der Waals surface area contributed by atoms with Gasteiger partial charge in [0, 0.05) is 32.2 Å². The minimum atomic E-state index is -3.60. The highest BCUT2D eigenvalue weighted by Crippen LogP contribution is 2.34. The number of carbonyl (C=O) groups excluding carboxylic acids is 1. The van der Waals surface area contributed by atoms with Crippen molar-refractivity contribution in [3.63, 3.8) is 0 Å². The second-order valence-electron chi connectivity index (χ2n) is 8.27. The summed E-state index contributed by atoms with van der Waals surface area (Å²) < 4.78 is 33.3. The van der Waals surface area contributed by atoms with Gasteiger partial charge in [-0.2, -0.15) is 0 Å². The number of fused-ring (bicyclic) bond motifs is 1. The van der Waals surface area contributed by atoms with E-state index in [1.807, 2.05) is 44.1 Å². The monoisotopic (exact) mass is 504 g/mol. The average molecular weight is 505 g/mol. The third-order valence-electron chi connectivity index (χ3n) is 5.47. The van der Waals surface area contributed by atoms with E-state index in [1.54, 1.807) is 31.2 Å². The lowest BCUT2D eigenvalue weighted by Gasteiger charge is -2.22. The van der Waals surface area contributed by atoms with E-state index in [1.165, 1.54) is 27.8 Å². The molecule has 34 heavy (non-hydrogen) atoms. The van der Waals surface area contributed by atoms with Crippen molar-refractivity contribution < 1.29 is 17.9 Å². The van der Waals surface area contributed by atoms with Crippen LogP contribution in [-0.2, 0) is 10.0 Å². The van der Waals surface area contributed by atoms with Crippen molar-refractivity contribution in [3.05, 3.63) is 48.0 Å². The van der Waals surface area contributed by atoms with Gasteiger partial charge < -0.3 is 9.64 Å². The SMILES string of the molecule is CCCCN(C)S(=O)(=O)c1ccc(C(=O)N(CCN(C)C)c2nc3c(OC)cccc3s2)cc1. The number of sulfonamides is 1. The number of nitrogens with zero attached hydrogens (tertiary/aromatic N) is 4. The first-order valence-corrected chi connectivity index (χ1v) is 13.4. The lowest BCUT2D eigenvalue weighted by molar-refractivity contribution is 0.0985. The van der Waals surface area contributed by atoms with Crippen molar-refractivity contribution in [2.24, 2.45) is 0 Å². The number of hydrogen-bond acceptors (Lipinski definition) is 7. The topological polar surface area (TPSA) is 83.1 Å². The number of unbranched alkanes of at least 4 members (excludes halogenated alkanes) is 1. The smallest absolute Gasteiger partial charge is 0.260 e. The molecule has 0 saturated carbocycles. The molecule has 0 fully saturated rings. The summed E-state index contributed by atoms with van der Waals surface area (Å²) >= 11 is 1.42. The second-order valence-corrected chi connectivity index (χ2v) is 11.3. The predicted molar refractivity (Wildman–Crippen MR) is 138 cm³/mol. The molecule has 1 aromatic heterocycles. The van der Waals surface area contributed by atoms with E-state index in [4.69, 9.17) is 9.72 Å². The molecule has 1 amide bonds. The number of thiazole rings is 1. The van der Waals surface area contributed by atoms with Crippen LogP contribution in [0.3, 0.4) is 0 Å². The Morgan fingerprint density at radius 2 is 1.74 bits per heavy atom. The number of aromatic nitrogens is 1. The number of benzene rings is 2. The van der Waals surface area contributed by atoms with Gasteiger partial charge in [-0.3, -0.25) is 9.69 Å². The zero-order valence-corrected chi connectivity index (χ0v) is 21.9. The number of methoxy groups -OCH3 is 1. The molecule has 0 saturated heterocycles. The van der Waals surface area contributed by atoms with Gasteiger partial charge in [-0.1, -0.05) is 30.7 Å². The quantitative estimate of drug-likeness (QED) is 0.393. The van der Waals surface area contributed by atoms with Crippen LogP contribution in [0.1, 0.15) is 30.1 Å². The van der Waals surface area contributed by atoms with Crippen molar-refractivity contribution in [2.45, 2.75) is 24.7 Å². The molecule has 0 N–H and O–H groups in total. The molecule has 0 aliphatic heterocycles. The summed E-state index contributed by atoms with van der Waals surface area (Å²) in [6.45, 7) is 3.56. The van der Waals surface area contributed by atoms with Gasteiger partial charge in [0.15, 0.2) is 5.13 Å².